The Balaban J connectivity index is 1.41. The van der Waals surface area contributed by atoms with E-state index in [-0.39, 0.29) is 30.3 Å². The molecule has 0 aromatic carbocycles. The van der Waals surface area contributed by atoms with Gasteiger partial charge in [-0.3, -0.25) is 0 Å². The van der Waals surface area contributed by atoms with Gasteiger partial charge in [-0.2, -0.15) is 0 Å². The molecule has 2 unspecified atom stereocenters. The van der Waals surface area contributed by atoms with Crippen molar-refractivity contribution in [2.45, 2.75) is 155 Å². The number of rotatable bonds is 17. The Morgan fingerprint density at radius 3 is 1.65 bits per heavy atom. The molecule has 0 spiro atoms. The van der Waals surface area contributed by atoms with Crippen molar-refractivity contribution in [1.29, 1.82) is 0 Å². The quantitative estimate of drug-likeness (QED) is 0.0935. The van der Waals surface area contributed by atoms with Crippen LogP contribution >= 0.6 is 0 Å². The number of hydrogen-bond acceptors (Lipinski definition) is 7. The van der Waals surface area contributed by atoms with Crippen LogP contribution < -0.4 is 0 Å². The number of carbonyl (C=O) groups excluding carboxylic acids is 2. The van der Waals surface area contributed by atoms with Gasteiger partial charge in [-0.25, -0.2) is 9.59 Å². The van der Waals surface area contributed by atoms with E-state index in [1.54, 1.807) is 0 Å². The van der Waals surface area contributed by atoms with E-state index in [1.807, 2.05) is 0 Å². The lowest BCUT2D eigenvalue weighted by Gasteiger charge is -2.41. The third-order valence-electron chi connectivity index (χ3n) is 11.4. The van der Waals surface area contributed by atoms with Gasteiger partial charge in [-0.1, -0.05) is 71.4 Å². The van der Waals surface area contributed by atoms with Gasteiger partial charge in [0.1, 0.15) is 0 Å². The van der Waals surface area contributed by atoms with E-state index in [0.29, 0.717) is 17.9 Å². The van der Waals surface area contributed by atoms with Gasteiger partial charge < -0.3 is 24.4 Å². The zero-order chi connectivity index (χ0) is 33.9. The minimum Gasteiger partial charge on any atom is -0.462 e. The van der Waals surface area contributed by atoms with E-state index in [1.165, 1.54) is 118 Å². The highest BCUT2D eigenvalue weighted by Crippen LogP contribution is 2.42. The first-order valence-corrected chi connectivity index (χ1v) is 18.5. The van der Waals surface area contributed by atoms with Crippen molar-refractivity contribution in [3.63, 3.8) is 0 Å². The molecule has 0 aromatic rings. The lowest BCUT2D eigenvalue weighted by molar-refractivity contribution is -0.146. The second-order valence-electron chi connectivity index (χ2n) is 16.0. The van der Waals surface area contributed by atoms with Gasteiger partial charge in [0.15, 0.2) is 0 Å². The molecule has 264 valence electrons. The SMILES string of the molecule is C=C(C(=O)OCC(CCC1CCC(C2CCC(C3CCC(CCCCC)CC3)OC2)CC1)COC(=O)C(=C)C(C)(C)O)C(C)(C)O. The molecule has 0 radical (unpaired) electrons. The van der Waals surface area contributed by atoms with Gasteiger partial charge in [0.25, 0.3) is 0 Å². The molecule has 0 aromatic heterocycles. The Hall–Kier alpha value is -1.70. The summed E-state index contributed by atoms with van der Waals surface area (Å²) >= 11 is 0. The number of unbranched alkanes of at least 4 members (excludes halogenated alkanes) is 2. The number of esters is 2. The Kier molecular flexibility index (Phi) is 15.3. The lowest BCUT2D eigenvalue weighted by Crippen LogP contribution is -2.37. The fraction of sp³-hybridized carbons (Fsp3) is 0.846. The molecule has 2 atom stereocenters. The van der Waals surface area contributed by atoms with Crippen molar-refractivity contribution in [2.75, 3.05) is 19.8 Å². The largest absolute Gasteiger partial charge is 0.462 e. The Morgan fingerprint density at radius 1 is 0.717 bits per heavy atom. The molecular formula is C39H66O7. The minimum atomic E-state index is -1.38. The first-order chi connectivity index (χ1) is 21.7. The first-order valence-electron chi connectivity index (χ1n) is 18.5. The molecule has 3 aliphatic rings. The van der Waals surface area contributed by atoms with E-state index < -0.39 is 23.1 Å². The third kappa shape index (κ3) is 12.4. The fourth-order valence-corrected chi connectivity index (χ4v) is 7.76. The maximum atomic E-state index is 12.5. The molecule has 1 heterocycles. The van der Waals surface area contributed by atoms with E-state index in [0.717, 1.165) is 37.2 Å². The molecule has 46 heavy (non-hydrogen) atoms. The van der Waals surface area contributed by atoms with Crippen molar-refractivity contribution < 1.29 is 34.0 Å². The average molecular weight is 647 g/mol. The highest BCUT2D eigenvalue weighted by atomic mass is 16.5. The van der Waals surface area contributed by atoms with Crippen LogP contribution in [0.2, 0.25) is 0 Å². The summed E-state index contributed by atoms with van der Waals surface area (Å²) < 4.78 is 17.5. The highest BCUT2D eigenvalue weighted by molar-refractivity contribution is 5.90. The summed E-state index contributed by atoms with van der Waals surface area (Å²) in [7, 11) is 0. The second-order valence-corrected chi connectivity index (χ2v) is 16.0. The molecule has 1 saturated heterocycles. The van der Waals surface area contributed by atoms with Crippen LogP contribution in [0, 0.1) is 35.5 Å². The van der Waals surface area contributed by atoms with Gasteiger partial charge >= 0.3 is 11.9 Å². The molecule has 3 fully saturated rings. The molecule has 0 amide bonds. The molecule has 2 N–H and O–H groups in total. The molecule has 2 aliphatic carbocycles. The van der Waals surface area contributed by atoms with Gasteiger partial charge in [-0.15, -0.1) is 0 Å². The van der Waals surface area contributed by atoms with Crippen LogP contribution in [0.4, 0.5) is 0 Å². The zero-order valence-electron chi connectivity index (χ0n) is 29.8. The zero-order valence-corrected chi connectivity index (χ0v) is 29.8. The first kappa shape index (κ1) is 38.7. The summed E-state index contributed by atoms with van der Waals surface area (Å²) in [6.07, 6.45) is 20.6. The smallest absolute Gasteiger partial charge is 0.336 e. The van der Waals surface area contributed by atoms with Gasteiger partial charge in [0, 0.05) is 5.92 Å². The van der Waals surface area contributed by atoms with Crippen molar-refractivity contribution >= 4 is 11.9 Å². The maximum absolute atomic E-state index is 12.5. The minimum absolute atomic E-state index is 0.0137. The average Bonchev–Trinajstić information content (AvgIpc) is 3.03. The van der Waals surface area contributed by atoms with Crippen LogP contribution in [0.3, 0.4) is 0 Å². The predicted octanol–water partition coefficient (Wildman–Crippen LogP) is 8.11. The van der Waals surface area contributed by atoms with Crippen LogP contribution in [0.5, 0.6) is 0 Å². The van der Waals surface area contributed by atoms with Gasteiger partial charge in [0.05, 0.1) is 48.3 Å². The normalized spacial score (nSPS) is 27.7. The van der Waals surface area contributed by atoms with Crippen LogP contribution in [0.15, 0.2) is 24.3 Å². The molecular weight excluding hydrogens is 580 g/mol. The van der Waals surface area contributed by atoms with Crippen LogP contribution in [-0.2, 0) is 23.8 Å². The van der Waals surface area contributed by atoms with Crippen LogP contribution in [0.1, 0.15) is 137 Å². The topological polar surface area (TPSA) is 102 Å². The number of hydrogen-bond donors (Lipinski definition) is 2. The number of ether oxygens (including phenoxy) is 3. The van der Waals surface area contributed by atoms with E-state index in [2.05, 4.69) is 20.1 Å². The second kappa shape index (κ2) is 18.2. The van der Waals surface area contributed by atoms with Gasteiger partial charge in [0.2, 0.25) is 0 Å². The van der Waals surface area contributed by atoms with Crippen molar-refractivity contribution in [3.8, 4) is 0 Å². The summed E-state index contributed by atoms with van der Waals surface area (Å²) in [5.74, 6) is 2.22. The summed E-state index contributed by atoms with van der Waals surface area (Å²) in [5.41, 5.74) is -2.78. The predicted molar refractivity (Wildman–Crippen MR) is 183 cm³/mol. The number of carbonyl (C=O) groups is 2. The lowest BCUT2D eigenvalue weighted by atomic mass is 9.71. The third-order valence-corrected chi connectivity index (χ3v) is 11.4. The summed E-state index contributed by atoms with van der Waals surface area (Å²) in [5, 5.41) is 20.3. The molecule has 0 bridgehead atoms. The van der Waals surface area contributed by atoms with Crippen molar-refractivity contribution in [1.82, 2.24) is 0 Å². The van der Waals surface area contributed by atoms with E-state index >= 15 is 0 Å². The Labute approximate surface area is 279 Å². The van der Waals surface area contributed by atoms with Crippen LogP contribution in [-0.4, -0.2) is 59.3 Å². The van der Waals surface area contributed by atoms with E-state index in [4.69, 9.17) is 14.2 Å². The van der Waals surface area contributed by atoms with Crippen molar-refractivity contribution in [3.05, 3.63) is 24.3 Å². The van der Waals surface area contributed by atoms with Crippen molar-refractivity contribution in [2.24, 2.45) is 35.5 Å². The molecule has 7 nitrogen and oxygen atoms in total. The molecule has 2 saturated carbocycles. The standard InChI is InChI=1S/C39H66O7/c1-8-9-10-11-29-16-20-33(21-17-29)35-23-22-34(26-44-35)32-18-14-30(15-19-32)12-13-31(24-45-36(40)27(2)38(4,5)42)25-46-37(41)28(3)39(6,7)43/h29-35,42-43H,2-3,8-26H2,1,4-7H3. The monoisotopic (exact) mass is 646 g/mol. The molecule has 7 heteroatoms. The summed E-state index contributed by atoms with van der Waals surface area (Å²) in [6, 6.07) is 0. The highest BCUT2D eigenvalue weighted by Gasteiger charge is 2.36. The van der Waals surface area contributed by atoms with Crippen LogP contribution in [0.25, 0.3) is 0 Å². The summed E-state index contributed by atoms with van der Waals surface area (Å²) in [6.45, 7) is 16.7. The Bertz CT molecular complexity index is 923. The summed E-state index contributed by atoms with van der Waals surface area (Å²) in [4.78, 5) is 25.0. The van der Waals surface area contributed by atoms with Gasteiger partial charge in [-0.05, 0) is 109 Å². The molecule has 3 rings (SSSR count). The number of aliphatic hydroxyl groups is 2. The van der Waals surface area contributed by atoms with E-state index in [9.17, 15) is 19.8 Å². The fourth-order valence-electron chi connectivity index (χ4n) is 7.76. The Morgan fingerprint density at radius 2 is 1.20 bits per heavy atom. The molecule has 1 aliphatic heterocycles. The maximum Gasteiger partial charge on any atom is 0.336 e.